The van der Waals surface area contributed by atoms with Crippen LogP contribution in [0.15, 0.2) is 36.5 Å². The first kappa shape index (κ1) is 21.8. The second-order valence-corrected chi connectivity index (χ2v) is 6.54. The molecular weight excluding hydrogens is 413 g/mol. The van der Waals surface area contributed by atoms with Gasteiger partial charge in [0.25, 0.3) is 0 Å². The average molecular weight is 431 g/mol. The Morgan fingerprint density at radius 2 is 2.07 bits per heavy atom. The smallest absolute Gasteiger partial charge is 0.320 e. The Bertz CT molecular complexity index is 870. The van der Waals surface area contributed by atoms with Crippen LogP contribution >= 0.6 is 24.0 Å². The van der Waals surface area contributed by atoms with Gasteiger partial charge in [-0.05, 0) is 23.8 Å². The monoisotopic (exact) mass is 430 g/mol. The molecule has 1 atom stereocenters. The molecule has 150 valence electrons. The Labute approximate surface area is 171 Å². The number of carbonyl (C=O) groups is 2. The van der Waals surface area contributed by atoms with Crippen LogP contribution in [0.1, 0.15) is 11.3 Å². The van der Waals surface area contributed by atoms with Crippen LogP contribution in [0.4, 0.5) is 13.6 Å². The summed E-state index contributed by atoms with van der Waals surface area (Å²) in [5.41, 5.74) is 0.968. The summed E-state index contributed by atoms with van der Waals surface area (Å²) in [6.45, 7) is 0.416. The maximum atomic E-state index is 13.5. The van der Waals surface area contributed by atoms with Gasteiger partial charge in [-0.2, -0.15) is 0 Å². The summed E-state index contributed by atoms with van der Waals surface area (Å²) in [4.78, 5) is 31.9. The van der Waals surface area contributed by atoms with E-state index in [-0.39, 0.29) is 42.1 Å². The predicted molar refractivity (Wildman–Crippen MR) is 102 cm³/mol. The van der Waals surface area contributed by atoms with Crippen LogP contribution in [0.2, 0.25) is 5.02 Å². The molecule has 1 N–H and O–H groups in total. The standard InChI is InChI=1S/C18H17ClF2N4O2.ClH/c1-24-14(10-25(18(24)27)9-12-4-2-3-7-22-12)17(26)23-8-11-5-6-13(20)16(21)15(11)19;/h2-7,14H,8-10H2,1H3,(H,23,26);1H. The number of rotatable bonds is 5. The van der Waals surface area contributed by atoms with Crippen molar-refractivity contribution in [2.45, 2.75) is 19.1 Å². The summed E-state index contributed by atoms with van der Waals surface area (Å²) in [6, 6.07) is 6.66. The molecular formula is C18H18Cl2F2N4O2. The highest BCUT2D eigenvalue weighted by molar-refractivity contribution is 6.31. The van der Waals surface area contributed by atoms with Gasteiger partial charge in [0.2, 0.25) is 5.91 Å². The van der Waals surface area contributed by atoms with Crippen molar-refractivity contribution in [3.8, 4) is 0 Å². The number of carbonyl (C=O) groups excluding carboxylic acids is 2. The van der Waals surface area contributed by atoms with Gasteiger partial charge in [-0.25, -0.2) is 13.6 Å². The molecule has 2 heterocycles. The highest BCUT2D eigenvalue weighted by Crippen LogP contribution is 2.22. The van der Waals surface area contributed by atoms with Crippen LogP contribution in [-0.4, -0.2) is 46.4 Å². The molecule has 1 aromatic heterocycles. The van der Waals surface area contributed by atoms with Gasteiger partial charge in [0.15, 0.2) is 11.6 Å². The van der Waals surface area contributed by atoms with E-state index < -0.39 is 23.6 Å². The first-order valence-corrected chi connectivity index (χ1v) is 8.58. The minimum atomic E-state index is -1.15. The normalized spacial score (nSPS) is 16.1. The third-order valence-corrected chi connectivity index (χ3v) is 4.79. The maximum Gasteiger partial charge on any atom is 0.320 e. The van der Waals surface area contributed by atoms with Crippen molar-refractivity contribution in [1.82, 2.24) is 20.1 Å². The highest BCUT2D eigenvalue weighted by Gasteiger charge is 2.39. The van der Waals surface area contributed by atoms with Crippen LogP contribution < -0.4 is 5.32 Å². The van der Waals surface area contributed by atoms with Crippen molar-refractivity contribution in [3.63, 3.8) is 0 Å². The summed E-state index contributed by atoms with van der Waals surface area (Å²) >= 11 is 5.76. The first-order valence-electron chi connectivity index (χ1n) is 8.20. The van der Waals surface area contributed by atoms with Gasteiger partial charge in [0.05, 0.1) is 23.8 Å². The van der Waals surface area contributed by atoms with Gasteiger partial charge in [-0.1, -0.05) is 23.7 Å². The largest absolute Gasteiger partial charge is 0.350 e. The SMILES string of the molecule is CN1C(=O)N(Cc2ccccn2)CC1C(=O)NCc1ccc(F)c(F)c1Cl.Cl. The Morgan fingerprint density at radius 3 is 2.75 bits per heavy atom. The van der Waals surface area contributed by atoms with Crippen molar-refractivity contribution < 1.29 is 18.4 Å². The fraction of sp³-hybridized carbons (Fsp3) is 0.278. The molecule has 0 aliphatic carbocycles. The zero-order chi connectivity index (χ0) is 19.6. The number of aromatic nitrogens is 1. The summed E-state index contributed by atoms with van der Waals surface area (Å²) in [5.74, 6) is -2.62. The molecule has 1 aromatic carbocycles. The van der Waals surface area contributed by atoms with Crippen molar-refractivity contribution in [1.29, 1.82) is 0 Å². The minimum Gasteiger partial charge on any atom is -0.350 e. The van der Waals surface area contributed by atoms with E-state index in [1.807, 2.05) is 6.07 Å². The third-order valence-electron chi connectivity index (χ3n) is 4.38. The fourth-order valence-corrected chi connectivity index (χ4v) is 3.07. The Kier molecular flexibility index (Phi) is 7.15. The molecule has 6 nitrogen and oxygen atoms in total. The van der Waals surface area contributed by atoms with Gasteiger partial charge in [-0.15, -0.1) is 12.4 Å². The Hall–Kier alpha value is -2.45. The molecule has 1 aliphatic heterocycles. The predicted octanol–water partition coefficient (Wildman–Crippen LogP) is 2.99. The number of urea groups is 1. The molecule has 2 aromatic rings. The van der Waals surface area contributed by atoms with Crippen LogP contribution in [0.5, 0.6) is 0 Å². The summed E-state index contributed by atoms with van der Waals surface area (Å²) in [5, 5.41) is 2.24. The van der Waals surface area contributed by atoms with E-state index in [2.05, 4.69) is 10.3 Å². The molecule has 0 bridgehead atoms. The first-order chi connectivity index (χ1) is 12.9. The summed E-state index contributed by atoms with van der Waals surface area (Å²) in [6.07, 6.45) is 1.63. The molecule has 1 unspecified atom stereocenters. The quantitative estimate of drug-likeness (QED) is 0.741. The zero-order valence-corrected chi connectivity index (χ0v) is 16.4. The van der Waals surface area contributed by atoms with Crippen molar-refractivity contribution >= 4 is 35.9 Å². The molecule has 1 saturated heterocycles. The van der Waals surface area contributed by atoms with E-state index in [4.69, 9.17) is 11.6 Å². The summed E-state index contributed by atoms with van der Waals surface area (Å²) in [7, 11) is 1.54. The number of halogens is 4. The molecule has 10 heteroatoms. The third kappa shape index (κ3) is 4.51. The number of benzene rings is 1. The lowest BCUT2D eigenvalue weighted by Crippen LogP contribution is -2.43. The van der Waals surface area contributed by atoms with E-state index in [1.165, 1.54) is 22.9 Å². The highest BCUT2D eigenvalue weighted by atomic mass is 35.5. The number of nitrogens with one attached hydrogen (secondary N) is 1. The topological polar surface area (TPSA) is 65.5 Å². The van der Waals surface area contributed by atoms with Crippen LogP contribution in [0.3, 0.4) is 0 Å². The molecule has 3 rings (SSSR count). The Morgan fingerprint density at radius 1 is 1.32 bits per heavy atom. The molecule has 0 saturated carbocycles. The molecule has 0 radical (unpaired) electrons. The van der Waals surface area contributed by atoms with E-state index in [0.717, 1.165) is 6.07 Å². The van der Waals surface area contributed by atoms with E-state index >= 15 is 0 Å². The summed E-state index contributed by atoms with van der Waals surface area (Å²) < 4.78 is 26.6. The number of amides is 3. The number of pyridine rings is 1. The Balaban J connectivity index is 0.00000280. The van der Waals surface area contributed by atoms with Crippen LogP contribution in [0.25, 0.3) is 0 Å². The van der Waals surface area contributed by atoms with Gasteiger partial charge >= 0.3 is 6.03 Å². The van der Waals surface area contributed by atoms with Gasteiger partial charge < -0.3 is 15.1 Å². The van der Waals surface area contributed by atoms with E-state index in [1.54, 1.807) is 18.3 Å². The van der Waals surface area contributed by atoms with Crippen molar-refractivity contribution in [2.75, 3.05) is 13.6 Å². The van der Waals surface area contributed by atoms with Crippen molar-refractivity contribution in [2.24, 2.45) is 0 Å². The molecule has 1 fully saturated rings. The van der Waals surface area contributed by atoms with Gasteiger partial charge in [0.1, 0.15) is 6.04 Å². The van der Waals surface area contributed by atoms with Gasteiger partial charge in [-0.3, -0.25) is 9.78 Å². The van der Waals surface area contributed by atoms with Crippen LogP contribution in [-0.2, 0) is 17.9 Å². The van der Waals surface area contributed by atoms with Crippen LogP contribution in [0, 0.1) is 11.6 Å². The zero-order valence-electron chi connectivity index (χ0n) is 14.9. The maximum absolute atomic E-state index is 13.5. The average Bonchev–Trinajstić information content (AvgIpc) is 2.95. The fourth-order valence-electron chi connectivity index (χ4n) is 2.85. The second-order valence-electron chi connectivity index (χ2n) is 6.16. The number of nitrogens with zero attached hydrogens (tertiary/aromatic N) is 3. The lowest BCUT2D eigenvalue weighted by molar-refractivity contribution is -0.124. The van der Waals surface area contributed by atoms with E-state index in [0.29, 0.717) is 12.2 Å². The molecule has 28 heavy (non-hydrogen) atoms. The second kappa shape index (κ2) is 9.16. The lowest BCUT2D eigenvalue weighted by Gasteiger charge is -2.17. The van der Waals surface area contributed by atoms with Gasteiger partial charge in [0, 0.05) is 19.8 Å². The minimum absolute atomic E-state index is 0. The van der Waals surface area contributed by atoms with E-state index in [9.17, 15) is 18.4 Å². The lowest BCUT2D eigenvalue weighted by atomic mass is 10.2. The molecule has 3 amide bonds. The number of likely N-dealkylation sites (N-methyl/N-ethyl adjacent to an activating group) is 1. The number of hydrogen-bond donors (Lipinski definition) is 1. The number of hydrogen-bond acceptors (Lipinski definition) is 3. The molecule has 0 spiro atoms. The van der Waals surface area contributed by atoms with Crippen molar-refractivity contribution in [3.05, 3.63) is 64.4 Å². The molecule has 1 aliphatic rings.